The monoisotopic (exact) mass is 585 g/mol. The van der Waals surface area contributed by atoms with Gasteiger partial charge in [0.1, 0.15) is 0 Å². The van der Waals surface area contributed by atoms with E-state index in [0.717, 1.165) is 39.1 Å². The lowest BCUT2D eigenvalue weighted by Crippen LogP contribution is -2.06. The van der Waals surface area contributed by atoms with Gasteiger partial charge in [0.15, 0.2) is 5.78 Å². The van der Waals surface area contributed by atoms with Gasteiger partial charge < -0.3 is 4.57 Å². The average molecular weight is 586 g/mol. The summed E-state index contributed by atoms with van der Waals surface area (Å²) >= 11 is 0. The third-order valence-corrected chi connectivity index (χ3v) is 10.0. The summed E-state index contributed by atoms with van der Waals surface area (Å²) in [5, 5.41) is 2.49. The molecular weight excluding hydrogens is 558 g/mol. The fourth-order valence-corrected chi connectivity index (χ4v) is 8.05. The van der Waals surface area contributed by atoms with Crippen LogP contribution in [0.3, 0.4) is 0 Å². The fraction of sp³-hybridized carbons (Fsp3) is 0.0227. The molecule has 0 bridgehead atoms. The van der Waals surface area contributed by atoms with E-state index in [4.69, 9.17) is 0 Å². The molecule has 1 unspecified atom stereocenters. The van der Waals surface area contributed by atoms with E-state index in [9.17, 15) is 4.79 Å². The largest absolute Gasteiger partial charge is 0.309 e. The Balaban J connectivity index is 1.19. The molecule has 0 N–H and O–H groups in total. The van der Waals surface area contributed by atoms with Gasteiger partial charge in [-0.15, -0.1) is 0 Å². The van der Waals surface area contributed by atoms with Crippen LogP contribution < -0.4 is 0 Å². The van der Waals surface area contributed by atoms with Crippen LogP contribution in [0.25, 0.3) is 60.9 Å². The highest BCUT2D eigenvalue weighted by Gasteiger charge is 2.38. The second-order valence-electron chi connectivity index (χ2n) is 12.4. The molecule has 2 aliphatic carbocycles. The van der Waals surface area contributed by atoms with Crippen molar-refractivity contribution in [3.05, 3.63) is 186 Å². The molecule has 2 heteroatoms. The highest BCUT2D eigenvalue weighted by atomic mass is 16.1. The molecule has 1 aromatic heterocycles. The Morgan fingerprint density at radius 1 is 0.457 bits per heavy atom. The number of carbonyl (C=O) groups excluding carboxylic acids is 1. The van der Waals surface area contributed by atoms with E-state index in [2.05, 4.69) is 144 Å². The number of aromatic nitrogens is 1. The minimum absolute atomic E-state index is 0.00319. The molecule has 8 aromatic rings. The first-order valence-corrected chi connectivity index (χ1v) is 15.9. The molecule has 0 fully saturated rings. The number of nitrogens with zero attached hydrogens (tertiary/aromatic N) is 1. The minimum atomic E-state index is -0.00319. The SMILES string of the molecule is O=C1c2ccccc2-c2ccc3c(c21)C(c1ccccc1)c1ccc(-c2ccc4c5ccccc5n(-c5ccccc5)c4c2)cc1-3. The maximum atomic E-state index is 14.0. The predicted octanol–water partition coefficient (Wildman–Crippen LogP) is 10.8. The molecule has 0 saturated carbocycles. The molecular formula is C44H27NO. The third-order valence-electron chi connectivity index (χ3n) is 10.0. The summed E-state index contributed by atoms with van der Waals surface area (Å²) in [7, 11) is 0. The van der Waals surface area contributed by atoms with Crippen molar-refractivity contribution in [1.29, 1.82) is 0 Å². The van der Waals surface area contributed by atoms with Gasteiger partial charge in [0.2, 0.25) is 0 Å². The molecule has 0 aliphatic heterocycles. The Bertz CT molecular complexity index is 2540. The van der Waals surface area contributed by atoms with Crippen molar-refractivity contribution in [2.24, 2.45) is 0 Å². The number of hydrogen-bond acceptors (Lipinski definition) is 1. The number of benzene rings is 7. The van der Waals surface area contributed by atoms with Gasteiger partial charge in [-0.25, -0.2) is 0 Å². The summed E-state index contributed by atoms with van der Waals surface area (Å²) in [6.07, 6.45) is 0. The van der Waals surface area contributed by atoms with E-state index in [1.165, 1.54) is 49.6 Å². The van der Waals surface area contributed by atoms with E-state index < -0.39 is 0 Å². The van der Waals surface area contributed by atoms with E-state index in [1.54, 1.807) is 0 Å². The predicted molar refractivity (Wildman–Crippen MR) is 188 cm³/mol. The van der Waals surface area contributed by atoms with Crippen molar-refractivity contribution in [2.75, 3.05) is 0 Å². The van der Waals surface area contributed by atoms with Crippen molar-refractivity contribution in [3.63, 3.8) is 0 Å². The van der Waals surface area contributed by atoms with Gasteiger partial charge in [-0.3, -0.25) is 4.79 Å². The molecule has 10 rings (SSSR count). The molecule has 2 aliphatic rings. The molecule has 0 saturated heterocycles. The van der Waals surface area contributed by atoms with Crippen LogP contribution in [0.4, 0.5) is 0 Å². The third kappa shape index (κ3) is 3.44. The first-order chi connectivity index (χ1) is 22.8. The number of para-hydroxylation sites is 2. The molecule has 7 aromatic carbocycles. The van der Waals surface area contributed by atoms with Crippen molar-refractivity contribution in [1.82, 2.24) is 4.57 Å². The molecule has 0 spiro atoms. The van der Waals surface area contributed by atoms with Crippen LogP contribution >= 0.6 is 0 Å². The Kier molecular flexibility index (Phi) is 5.24. The van der Waals surface area contributed by atoms with Crippen molar-refractivity contribution in [2.45, 2.75) is 5.92 Å². The van der Waals surface area contributed by atoms with Crippen molar-refractivity contribution < 1.29 is 4.79 Å². The zero-order valence-electron chi connectivity index (χ0n) is 24.9. The lowest BCUT2D eigenvalue weighted by atomic mass is 9.85. The summed E-state index contributed by atoms with van der Waals surface area (Å²) in [6, 6.07) is 56.1. The molecule has 0 amide bonds. The molecule has 2 nitrogen and oxygen atoms in total. The summed E-state index contributed by atoms with van der Waals surface area (Å²) in [5.41, 5.74) is 15.6. The van der Waals surface area contributed by atoms with Gasteiger partial charge in [-0.05, 0) is 80.4 Å². The maximum Gasteiger partial charge on any atom is 0.194 e. The van der Waals surface area contributed by atoms with Crippen LogP contribution in [0.2, 0.25) is 0 Å². The molecule has 46 heavy (non-hydrogen) atoms. The van der Waals surface area contributed by atoms with Gasteiger partial charge in [0.05, 0.1) is 11.0 Å². The standard InChI is InChI=1S/C44H27NO/c46-44-37-17-8-7-15-31(37)34-23-24-36-38-25-28(20-22-35(38)41(42(36)43(34)44)27-11-3-1-4-12-27)29-19-21-33-32-16-9-10-18-39(32)45(40(33)26-29)30-13-5-2-6-14-30/h1-26,41H. The van der Waals surface area contributed by atoms with Crippen LogP contribution in [-0.4, -0.2) is 10.4 Å². The van der Waals surface area contributed by atoms with Crippen LogP contribution in [0.5, 0.6) is 0 Å². The smallest absolute Gasteiger partial charge is 0.194 e. The van der Waals surface area contributed by atoms with E-state index in [-0.39, 0.29) is 11.7 Å². The van der Waals surface area contributed by atoms with Crippen LogP contribution in [0.15, 0.2) is 158 Å². The Labute approximate surface area is 266 Å². The van der Waals surface area contributed by atoms with Crippen molar-refractivity contribution in [3.8, 4) is 39.1 Å². The van der Waals surface area contributed by atoms with Crippen LogP contribution in [0, 0.1) is 0 Å². The number of carbonyl (C=O) groups is 1. The Morgan fingerprint density at radius 2 is 1.11 bits per heavy atom. The molecule has 214 valence electrons. The molecule has 1 atom stereocenters. The van der Waals surface area contributed by atoms with Crippen LogP contribution in [0.1, 0.15) is 38.5 Å². The molecule has 1 heterocycles. The Hall–Kier alpha value is -5.99. The summed E-state index contributed by atoms with van der Waals surface area (Å²) in [6.45, 7) is 0. The molecule has 0 radical (unpaired) electrons. The van der Waals surface area contributed by atoms with E-state index in [1.807, 2.05) is 18.2 Å². The zero-order valence-corrected chi connectivity index (χ0v) is 24.9. The van der Waals surface area contributed by atoms with Gasteiger partial charge in [-0.1, -0.05) is 127 Å². The van der Waals surface area contributed by atoms with Crippen molar-refractivity contribution >= 4 is 27.6 Å². The second kappa shape index (κ2) is 9.50. The second-order valence-corrected chi connectivity index (χ2v) is 12.4. The summed E-state index contributed by atoms with van der Waals surface area (Å²) in [4.78, 5) is 14.0. The van der Waals surface area contributed by atoms with Gasteiger partial charge in [-0.2, -0.15) is 0 Å². The quantitative estimate of drug-likeness (QED) is 0.202. The first-order valence-electron chi connectivity index (χ1n) is 15.9. The van der Waals surface area contributed by atoms with Gasteiger partial charge in [0, 0.05) is 33.5 Å². The number of ketones is 1. The lowest BCUT2D eigenvalue weighted by Gasteiger charge is -2.17. The fourth-order valence-electron chi connectivity index (χ4n) is 8.05. The Morgan fingerprint density at radius 3 is 1.96 bits per heavy atom. The van der Waals surface area contributed by atoms with E-state index >= 15 is 0 Å². The average Bonchev–Trinajstić information content (AvgIpc) is 3.74. The number of rotatable bonds is 3. The summed E-state index contributed by atoms with van der Waals surface area (Å²) < 4.78 is 2.37. The topological polar surface area (TPSA) is 22.0 Å². The highest BCUT2D eigenvalue weighted by molar-refractivity contribution is 6.23. The first kappa shape index (κ1) is 25.3. The van der Waals surface area contributed by atoms with Gasteiger partial charge in [0.25, 0.3) is 0 Å². The number of fused-ring (bicyclic) bond motifs is 10. The lowest BCUT2D eigenvalue weighted by molar-refractivity contribution is 0.104. The summed E-state index contributed by atoms with van der Waals surface area (Å²) in [5.74, 6) is 0.132. The maximum absolute atomic E-state index is 14.0. The van der Waals surface area contributed by atoms with Crippen LogP contribution in [-0.2, 0) is 0 Å². The van der Waals surface area contributed by atoms with E-state index in [0.29, 0.717) is 0 Å². The highest BCUT2D eigenvalue weighted by Crippen LogP contribution is 2.54. The zero-order chi connectivity index (χ0) is 30.4. The van der Waals surface area contributed by atoms with Gasteiger partial charge >= 0.3 is 0 Å². The minimum Gasteiger partial charge on any atom is -0.309 e. The number of hydrogen-bond donors (Lipinski definition) is 0. The normalized spacial score (nSPS) is 14.3.